The molecule has 0 aliphatic heterocycles. The highest BCUT2D eigenvalue weighted by Gasteiger charge is 2.11. The Hall–Kier alpha value is -1.46. The first-order chi connectivity index (χ1) is 8.49. The Kier molecular flexibility index (Phi) is 3.63. The van der Waals surface area contributed by atoms with Gasteiger partial charge >= 0.3 is 0 Å². The van der Waals surface area contributed by atoms with E-state index in [1.807, 2.05) is 21.0 Å². The Morgan fingerprint density at radius 1 is 1.28 bits per heavy atom. The lowest BCUT2D eigenvalue weighted by atomic mass is 10.2. The van der Waals surface area contributed by atoms with Crippen LogP contribution in [0.4, 0.5) is 5.69 Å². The third-order valence-corrected chi connectivity index (χ3v) is 4.22. The molecule has 2 aromatic rings. The Labute approximate surface area is 116 Å². The van der Waals surface area contributed by atoms with E-state index in [2.05, 4.69) is 34.1 Å². The van der Waals surface area contributed by atoms with Gasteiger partial charge in [-0.1, -0.05) is 12.2 Å². The van der Waals surface area contributed by atoms with Crippen LogP contribution in [0.25, 0.3) is 10.6 Å². The van der Waals surface area contributed by atoms with E-state index in [1.54, 1.807) is 11.3 Å². The number of hydrogen-bond acceptors (Lipinski definition) is 4. The molecule has 0 atom stereocenters. The van der Waals surface area contributed by atoms with Gasteiger partial charge in [0.1, 0.15) is 10.00 Å². The molecule has 0 spiro atoms. The zero-order chi connectivity index (χ0) is 13.3. The van der Waals surface area contributed by atoms with Crippen molar-refractivity contribution in [1.29, 1.82) is 0 Å². The van der Waals surface area contributed by atoms with Gasteiger partial charge in [0.05, 0.1) is 10.6 Å². The lowest BCUT2D eigenvalue weighted by molar-refractivity contribution is 1.13. The molecular weight excluding hydrogens is 262 g/mol. The molecule has 2 N–H and O–H groups in total. The summed E-state index contributed by atoms with van der Waals surface area (Å²) in [5, 5.41) is 0.959. The van der Waals surface area contributed by atoms with E-state index in [1.165, 1.54) is 5.69 Å². The van der Waals surface area contributed by atoms with Crippen LogP contribution in [0.5, 0.6) is 0 Å². The highest BCUT2D eigenvalue weighted by atomic mass is 32.1. The molecule has 0 aliphatic rings. The molecule has 1 heterocycles. The number of aryl methyl sites for hydroxylation is 1. The highest BCUT2D eigenvalue weighted by molar-refractivity contribution is 7.81. The molecule has 0 radical (unpaired) electrons. The first kappa shape index (κ1) is 13.0. The van der Waals surface area contributed by atoms with Crippen molar-refractivity contribution in [2.24, 2.45) is 5.73 Å². The second kappa shape index (κ2) is 5.04. The summed E-state index contributed by atoms with van der Waals surface area (Å²) in [7, 11) is 4.04. The summed E-state index contributed by atoms with van der Waals surface area (Å²) in [5.41, 5.74) is 8.83. The monoisotopic (exact) mass is 277 g/mol. The zero-order valence-corrected chi connectivity index (χ0v) is 12.2. The molecule has 0 fully saturated rings. The van der Waals surface area contributed by atoms with Crippen molar-refractivity contribution in [2.75, 3.05) is 19.0 Å². The van der Waals surface area contributed by atoms with Crippen molar-refractivity contribution in [3.63, 3.8) is 0 Å². The number of benzene rings is 1. The van der Waals surface area contributed by atoms with Crippen LogP contribution in [0.2, 0.25) is 0 Å². The predicted molar refractivity (Wildman–Crippen MR) is 82.5 cm³/mol. The van der Waals surface area contributed by atoms with Crippen LogP contribution in [0.3, 0.4) is 0 Å². The van der Waals surface area contributed by atoms with Crippen LogP contribution >= 0.6 is 23.6 Å². The van der Waals surface area contributed by atoms with Gasteiger partial charge in [-0.3, -0.25) is 0 Å². The summed E-state index contributed by atoms with van der Waals surface area (Å²) < 4.78 is 0. The number of nitrogens with zero attached hydrogens (tertiary/aromatic N) is 2. The maximum atomic E-state index is 5.67. The minimum atomic E-state index is 0.418. The topological polar surface area (TPSA) is 42.2 Å². The molecule has 0 aliphatic carbocycles. The first-order valence-electron chi connectivity index (χ1n) is 5.54. The number of rotatable bonds is 3. The third kappa shape index (κ3) is 2.52. The molecule has 3 nitrogen and oxygen atoms in total. The number of thiocarbonyl (C=S) groups is 1. The van der Waals surface area contributed by atoms with Crippen molar-refractivity contribution >= 4 is 34.2 Å². The summed E-state index contributed by atoms with van der Waals surface area (Å²) in [4.78, 5) is 7.90. The van der Waals surface area contributed by atoms with Gasteiger partial charge in [-0.25, -0.2) is 4.98 Å². The fraction of sp³-hybridized carbons (Fsp3) is 0.231. The molecule has 2 rings (SSSR count). The van der Waals surface area contributed by atoms with E-state index >= 15 is 0 Å². The molecule has 18 heavy (non-hydrogen) atoms. The molecule has 0 saturated carbocycles. The van der Waals surface area contributed by atoms with Gasteiger partial charge in [0.25, 0.3) is 0 Å². The van der Waals surface area contributed by atoms with Crippen LogP contribution in [0.15, 0.2) is 24.3 Å². The second-order valence-corrected chi connectivity index (χ2v) is 5.68. The van der Waals surface area contributed by atoms with E-state index in [9.17, 15) is 0 Å². The quantitative estimate of drug-likeness (QED) is 0.876. The molecule has 0 amide bonds. The molecule has 94 valence electrons. The predicted octanol–water partition coefficient (Wildman–Crippen LogP) is 2.82. The summed E-state index contributed by atoms with van der Waals surface area (Å²) in [5.74, 6) is 0. The first-order valence-corrected chi connectivity index (χ1v) is 6.76. The molecular formula is C13H15N3S2. The Balaban J connectivity index is 2.37. The van der Waals surface area contributed by atoms with Gasteiger partial charge in [-0.05, 0) is 31.2 Å². The Morgan fingerprint density at radius 2 is 1.89 bits per heavy atom. The van der Waals surface area contributed by atoms with Crippen LogP contribution in [-0.2, 0) is 0 Å². The summed E-state index contributed by atoms with van der Waals surface area (Å²) in [6.07, 6.45) is 0. The SMILES string of the molecule is Cc1nc(-c2ccc(N(C)C)cc2)sc1C(N)=S. The smallest absolute Gasteiger partial charge is 0.124 e. The third-order valence-electron chi connectivity index (χ3n) is 2.65. The van der Waals surface area contributed by atoms with Crippen molar-refractivity contribution in [3.8, 4) is 10.6 Å². The number of thiazole rings is 1. The minimum Gasteiger partial charge on any atom is -0.389 e. The number of anilines is 1. The lowest BCUT2D eigenvalue weighted by Crippen LogP contribution is -2.08. The van der Waals surface area contributed by atoms with Crippen LogP contribution in [-0.4, -0.2) is 24.1 Å². The van der Waals surface area contributed by atoms with E-state index in [4.69, 9.17) is 18.0 Å². The molecule has 0 bridgehead atoms. The van der Waals surface area contributed by atoms with E-state index in [0.717, 1.165) is 21.1 Å². The Bertz CT molecular complexity index is 570. The fourth-order valence-corrected chi connectivity index (χ4v) is 2.85. The van der Waals surface area contributed by atoms with Gasteiger partial charge in [-0.2, -0.15) is 0 Å². The number of hydrogen-bond donors (Lipinski definition) is 1. The number of nitrogens with two attached hydrogens (primary N) is 1. The van der Waals surface area contributed by atoms with Crippen LogP contribution < -0.4 is 10.6 Å². The zero-order valence-electron chi connectivity index (χ0n) is 10.6. The maximum absolute atomic E-state index is 5.67. The molecule has 0 saturated heterocycles. The minimum absolute atomic E-state index is 0.418. The standard InChI is InChI=1S/C13H15N3S2/c1-8-11(12(14)17)18-13(15-8)9-4-6-10(7-5-9)16(2)3/h4-7H,1-3H3,(H2,14,17). The van der Waals surface area contributed by atoms with Gasteiger partial charge in [0.2, 0.25) is 0 Å². The average molecular weight is 277 g/mol. The van der Waals surface area contributed by atoms with Crippen LogP contribution in [0.1, 0.15) is 10.6 Å². The molecule has 5 heteroatoms. The largest absolute Gasteiger partial charge is 0.389 e. The van der Waals surface area contributed by atoms with E-state index in [0.29, 0.717) is 4.99 Å². The second-order valence-electron chi connectivity index (χ2n) is 4.24. The van der Waals surface area contributed by atoms with Crippen molar-refractivity contribution in [3.05, 3.63) is 34.8 Å². The van der Waals surface area contributed by atoms with Crippen molar-refractivity contribution in [1.82, 2.24) is 4.98 Å². The van der Waals surface area contributed by atoms with Gasteiger partial charge in [0, 0.05) is 25.3 Å². The van der Waals surface area contributed by atoms with E-state index < -0.39 is 0 Å². The van der Waals surface area contributed by atoms with E-state index in [-0.39, 0.29) is 0 Å². The summed E-state index contributed by atoms with van der Waals surface area (Å²) >= 11 is 6.55. The van der Waals surface area contributed by atoms with Gasteiger partial charge in [-0.15, -0.1) is 11.3 Å². The number of aromatic nitrogens is 1. The normalized spacial score (nSPS) is 10.4. The lowest BCUT2D eigenvalue weighted by Gasteiger charge is -2.11. The maximum Gasteiger partial charge on any atom is 0.124 e. The molecule has 0 unspecified atom stereocenters. The van der Waals surface area contributed by atoms with Gasteiger partial charge in [0.15, 0.2) is 0 Å². The molecule has 1 aromatic heterocycles. The highest BCUT2D eigenvalue weighted by Crippen LogP contribution is 2.29. The molecule has 1 aromatic carbocycles. The average Bonchev–Trinajstić information content (AvgIpc) is 2.71. The van der Waals surface area contributed by atoms with Gasteiger partial charge < -0.3 is 10.6 Å². The van der Waals surface area contributed by atoms with Crippen molar-refractivity contribution in [2.45, 2.75) is 6.92 Å². The summed E-state index contributed by atoms with van der Waals surface area (Å²) in [6.45, 7) is 1.93. The summed E-state index contributed by atoms with van der Waals surface area (Å²) in [6, 6.07) is 8.28. The van der Waals surface area contributed by atoms with Crippen LogP contribution in [0, 0.1) is 6.92 Å². The van der Waals surface area contributed by atoms with Crippen molar-refractivity contribution < 1.29 is 0 Å². The fourth-order valence-electron chi connectivity index (χ4n) is 1.65. The Morgan fingerprint density at radius 3 is 2.33 bits per heavy atom.